The minimum absolute atomic E-state index is 0.0170. The van der Waals surface area contributed by atoms with Gasteiger partial charge in [0.25, 0.3) is 5.91 Å². The third kappa shape index (κ3) is 3.03. The van der Waals surface area contributed by atoms with Crippen molar-refractivity contribution in [2.24, 2.45) is 5.41 Å². The fourth-order valence-electron chi connectivity index (χ4n) is 3.72. The molecule has 2 heterocycles. The van der Waals surface area contributed by atoms with E-state index >= 15 is 0 Å². The molecule has 0 radical (unpaired) electrons. The number of aryl methyl sites for hydroxylation is 1. The van der Waals surface area contributed by atoms with Gasteiger partial charge in [-0.25, -0.2) is 0 Å². The molecular formula is C19H24N2O3. The molecule has 1 aromatic rings. The van der Waals surface area contributed by atoms with Gasteiger partial charge in [-0.2, -0.15) is 0 Å². The molecule has 0 saturated carbocycles. The van der Waals surface area contributed by atoms with Crippen LogP contribution in [0.2, 0.25) is 0 Å². The number of rotatable bonds is 4. The van der Waals surface area contributed by atoms with Crippen LogP contribution in [0.1, 0.15) is 29.3 Å². The second-order valence-corrected chi connectivity index (χ2v) is 6.84. The summed E-state index contributed by atoms with van der Waals surface area (Å²) in [5.74, 6) is 0.759. The molecule has 1 spiro atoms. The molecule has 2 fully saturated rings. The van der Waals surface area contributed by atoms with Crippen LogP contribution in [-0.4, -0.2) is 54.4 Å². The Bertz CT molecular complexity index is 677. The van der Waals surface area contributed by atoms with E-state index in [1.807, 2.05) is 41.8 Å². The Labute approximate surface area is 142 Å². The summed E-state index contributed by atoms with van der Waals surface area (Å²) in [5.41, 5.74) is 1.76. The van der Waals surface area contributed by atoms with E-state index in [1.54, 1.807) is 0 Å². The highest BCUT2D eigenvalue weighted by Gasteiger charge is 2.50. The van der Waals surface area contributed by atoms with E-state index in [0.717, 1.165) is 30.8 Å². The molecule has 2 saturated heterocycles. The van der Waals surface area contributed by atoms with Gasteiger partial charge in [-0.1, -0.05) is 6.58 Å². The van der Waals surface area contributed by atoms with Crippen LogP contribution in [-0.2, 0) is 4.79 Å². The van der Waals surface area contributed by atoms with Crippen molar-refractivity contribution in [1.29, 1.82) is 0 Å². The summed E-state index contributed by atoms with van der Waals surface area (Å²) >= 11 is 0. The lowest BCUT2D eigenvalue weighted by Crippen LogP contribution is -2.59. The average Bonchev–Trinajstić information content (AvgIpc) is 2.97. The minimum Gasteiger partial charge on any atom is -0.494 e. The van der Waals surface area contributed by atoms with E-state index in [0.29, 0.717) is 25.3 Å². The van der Waals surface area contributed by atoms with Crippen molar-refractivity contribution in [2.45, 2.75) is 20.3 Å². The summed E-state index contributed by atoms with van der Waals surface area (Å²) in [6.07, 6.45) is 2.32. The van der Waals surface area contributed by atoms with E-state index in [-0.39, 0.29) is 17.2 Å². The van der Waals surface area contributed by atoms with Gasteiger partial charge in [0.2, 0.25) is 5.91 Å². The van der Waals surface area contributed by atoms with Gasteiger partial charge in [0.1, 0.15) is 5.75 Å². The SMILES string of the molecule is C=CC(=O)N1CCC2(C1)CN(C(=O)c1cc(C)cc(OCC)c1)C2. The molecule has 2 amide bonds. The number of amides is 2. The third-order valence-corrected chi connectivity index (χ3v) is 4.87. The van der Waals surface area contributed by atoms with E-state index < -0.39 is 0 Å². The highest BCUT2D eigenvalue weighted by Crippen LogP contribution is 2.40. The molecule has 0 unspecified atom stereocenters. The second-order valence-electron chi connectivity index (χ2n) is 6.84. The lowest BCUT2D eigenvalue weighted by Gasteiger charge is -2.48. The van der Waals surface area contributed by atoms with E-state index in [4.69, 9.17) is 4.74 Å². The maximum atomic E-state index is 12.7. The number of hydrogen-bond donors (Lipinski definition) is 0. The third-order valence-electron chi connectivity index (χ3n) is 4.87. The number of carbonyl (C=O) groups is 2. The van der Waals surface area contributed by atoms with Gasteiger partial charge < -0.3 is 14.5 Å². The lowest BCUT2D eigenvalue weighted by molar-refractivity contribution is -0.125. The molecule has 5 nitrogen and oxygen atoms in total. The van der Waals surface area contributed by atoms with Gasteiger partial charge in [-0.15, -0.1) is 0 Å². The van der Waals surface area contributed by atoms with Gasteiger partial charge in [0.05, 0.1) is 6.61 Å². The first-order valence-corrected chi connectivity index (χ1v) is 8.41. The lowest BCUT2D eigenvalue weighted by atomic mass is 9.78. The molecule has 5 heteroatoms. The van der Waals surface area contributed by atoms with Gasteiger partial charge in [0.15, 0.2) is 0 Å². The minimum atomic E-state index is -0.0170. The standard InChI is InChI=1S/C19H24N2O3/c1-4-17(22)20-7-6-19(11-20)12-21(13-19)18(23)15-8-14(3)9-16(10-15)24-5-2/h4,8-10H,1,5-7,11-13H2,2-3H3. The average molecular weight is 328 g/mol. The molecule has 0 N–H and O–H groups in total. The van der Waals surface area contributed by atoms with Crippen molar-refractivity contribution in [3.63, 3.8) is 0 Å². The zero-order valence-corrected chi connectivity index (χ0v) is 14.4. The van der Waals surface area contributed by atoms with Crippen LogP contribution in [0.3, 0.4) is 0 Å². The second kappa shape index (κ2) is 6.30. The Hall–Kier alpha value is -2.30. The summed E-state index contributed by atoms with van der Waals surface area (Å²) in [6, 6.07) is 5.65. The number of likely N-dealkylation sites (tertiary alicyclic amines) is 2. The smallest absolute Gasteiger partial charge is 0.254 e. The van der Waals surface area contributed by atoms with Crippen molar-refractivity contribution >= 4 is 11.8 Å². The molecular weight excluding hydrogens is 304 g/mol. The topological polar surface area (TPSA) is 49.9 Å². The zero-order chi connectivity index (χ0) is 17.3. The van der Waals surface area contributed by atoms with Gasteiger partial charge in [-0.05, 0) is 50.1 Å². The summed E-state index contributed by atoms with van der Waals surface area (Å²) in [7, 11) is 0. The quantitative estimate of drug-likeness (QED) is 0.797. The largest absolute Gasteiger partial charge is 0.494 e. The van der Waals surface area contributed by atoms with Crippen LogP contribution in [0, 0.1) is 12.3 Å². The maximum absolute atomic E-state index is 12.7. The van der Waals surface area contributed by atoms with Crippen molar-refractivity contribution < 1.29 is 14.3 Å². The molecule has 1 aromatic carbocycles. The number of benzene rings is 1. The Morgan fingerprint density at radius 1 is 1.25 bits per heavy atom. The van der Waals surface area contributed by atoms with Crippen LogP contribution in [0.25, 0.3) is 0 Å². The Balaban J connectivity index is 1.65. The number of hydrogen-bond acceptors (Lipinski definition) is 3. The van der Waals surface area contributed by atoms with Crippen LogP contribution < -0.4 is 4.74 Å². The molecule has 128 valence electrons. The van der Waals surface area contributed by atoms with Crippen molar-refractivity contribution in [1.82, 2.24) is 9.80 Å². The van der Waals surface area contributed by atoms with E-state index in [2.05, 4.69) is 6.58 Å². The van der Waals surface area contributed by atoms with Gasteiger partial charge in [-0.3, -0.25) is 9.59 Å². The molecule has 0 atom stereocenters. The molecule has 0 bridgehead atoms. The van der Waals surface area contributed by atoms with Gasteiger partial charge in [0, 0.05) is 37.2 Å². The van der Waals surface area contributed by atoms with E-state index in [1.165, 1.54) is 6.08 Å². The summed E-state index contributed by atoms with van der Waals surface area (Å²) in [6.45, 7) is 10.9. The fraction of sp³-hybridized carbons (Fsp3) is 0.474. The Morgan fingerprint density at radius 3 is 2.62 bits per heavy atom. The van der Waals surface area contributed by atoms with Crippen molar-refractivity contribution in [3.8, 4) is 5.75 Å². The molecule has 24 heavy (non-hydrogen) atoms. The molecule has 2 aliphatic rings. The zero-order valence-electron chi connectivity index (χ0n) is 14.4. The Morgan fingerprint density at radius 2 is 1.96 bits per heavy atom. The number of ether oxygens (including phenoxy) is 1. The number of carbonyl (C=O) groups excluding carboxylic acids is 2. The van der Waals surface area contributed by atoms with Crippen LogP contribution in [0.15, 0.2) is 30.9 Å². The van der Waals surface area contributed by atoms with Crippen molar-refractivity contribution in [3.05, 3.63) is 42.0 Å². The normalized spacial score (nSPS) is 18.4. The summed E-state index contributed by atoms with van der Waals surface area (Å²) < 4.78 is 5.53. The summed E-state index contributed by atoms with van der Waals surface area (Å²) in [4.78, 5) is 28.1. The highest BCUT2D eigenvalue weighted by atomic mass is 16.5. The maximum Gasteiger partial charge on any atom is 0.254 e. The predicted molar refractivity (Wildman–Crippen MR) is 92.1 cm³/mol. The Kier molecular flexibility index (Phi) is 4.35. The van der Waals surface area contributed by atoms with Gasteiger partial charge >= 0.3 is 0 Å². The first-order chi connectivity index (χ1) is 11.5. The monoisotopic (exact) mass is 328 g/mol. The van der Waals surface area contributed by atoms with Crippen LogP contribution >= 0.6 is 0 Å². The van der Waals surface area contributed by atoms with Crippen LogP contribution in [0.5, 0.6) is 5.75 Å². The molecule has 2 aliphatic heterocycles. The first-order valence-electron chi connectivity index (χ1n) is 8.41. The molecule has 3 rings (SSSR count). The molecule has 0 aromatic heterocycles. The fourth-order valence-corrected chi connectivity index (χ4v) is 3.72. The molecule has 0 aliphatic carbocycles. The number of nitrogens with zero attached hydrogens (tertiary/aromatic N) is 2. The summed E-state index contributed by atoms with van der Waals surface area (Å²) in [5, 5.41) is 0. The van der Waals surface area contributed by atoms with E-state index in [9.17, 15) is 9.59 Å². The highest BCUT2D eigenvalue weighted by molar-refractivity contribution is 5.95. The van der Waals surface area contributed by atoms with Crippen LogP contribution in [0.4, 0.5) is 0 Å². The van der Waals surface area contributed by atoms with Crippen molar-refractivity contribution in [2.75, 3.05) is 32.8 Å². The predicted octanol–water partition coefficient (Wildman–Crippen LogP) is 2.25. The first kappa shape index (κ1) is 16.6.